The summed E-state index contributed by atoms with van der Waals surface area (Å²) in [6.07, 6.45) is -0.322. The number of nitrogens with one attached hydrogen (secondary N) is 1. The summed E-state index contributed by atoms with van der Waals surface area (Å²) in [7, 11) is 0. The molecular weight excluding hydrogens is 344 g/mol. The molecule has 2 rings (SSSR count). The Hall–Kier alpha value is -3.09. The molecule has 2 aromatic carbocycles. The van der Waals surface area contributed by atoms with Gasteiger partial charge in [-0.25, -0.2) is 8.78 Å². The zero-order valence-corrected chi connectivity index (χ0v) is 14.1. The first-order valence-corrected chi connectivity index (χ1v) is 7.85. The van der Waals surface area contributed by atoms with Gasteiger partial charge in [-0.3, -0.25) is 14.4 Å². The van der Waals surface area contributed by atoms with E-state index in [0.29, 0.717) is 11.1 Å². The predicted octanol–water partition coefficient (Wildman–Crippen LogP) is 3.42. The molecule has 0 saturated carbocycles. The van der Waals surface area contributed by atoms with Gasteiger partial charge in [0, 0.05) is 17.7 Å². The number of anilines is 1. The van der Waals surface area contributed by atoms with Gasteiger partial charge in [0.2, 0.25) is 0 Å². The maximum absolute atomic E-state index is 13.4. The Labute approximate surface area is 149 Å². The van der Waals surface area contributed by atoms with Crippen molar-refractivity contribution < 1.29 is 27.9 Å². The van der Waals surface area contributed by atoms with Crippen LogP contribution in [0.1, 0.15) is 28.8 Å². The number of esters is 1. The highest BCUT2D eigenvalue weighted by atomic mass is 19.1. The Morgan fingerprint density at radius 1 is 1.00 bits per heavy atom. The van der Waals surface area contributed by atoms with Crippen molar-refractivity contribution in [1.29, 1.82) is 0 Å². The van der Waals surface area contributed by atoms with Crippen LogP contribution >= 0.6 is 0 Å². The van der Waals surface area contributed by atoms with Crippen molar-refractivity contribution >= 4 is 23.3 Å². The molecule has 0 aliphatic rings. The Morgan fingerprint density at radius 3 is 2.35 bits per heavy atom. The first-order valence-electron chi connectivity index (χ1n) is 7.85. The van der Waals surface area contributed by atoms with Gasteiger partial charge in [0.25, 0.3) is 5.91 Å². The standard InChI is InChI=1S/C19H17F2NO4/c1-12-2-7-15(10-16(12)21)22-18(24)11-26-19(25)9-8-17(23)13-3-5-14(20)6-4-13/h2-7,10H,8-9,11H2,1H3,(H,22,24). The minimum Gasteiger partial charge on any atom is -0.456 e. The highest BCUT2D eigenvalue weighted by molar-refractivity contribution is 5.98. The fourth-order valence-electron chi connectivity index (χ4n) is 2.08. The van der Waals surface area contributed by atoms with Gasteiger partial charge in [-0.1, -0.05) is 6.07 Å². The summed E-state index contributed by atoms with van der Waals surface area (Å²) in [6.45, 7) is 1.05. The molecule has 0 spiro atoms. The number of amides is 1. The van der Waals surface area contributed by atoms with E-state index in [1.807, 2.05) is 0 Å². The Kier molecular flexibility index (Phi) is 6.54. The maximum atomic E-state index is 13.4. The molecule has 1 N–H and O–H groups in total. The zero-order chi connectivity index (χ0) is 19.1. The van der Waals surface area contributed by atoms with Crippen LogP contribution in [-0.2, 0) is 14.3 Å². The van der Waals surface area contributed by atoms with E-state index in [-0.39, 0.29) is 24.3 Å². The van der Waals surface area contributed by atoms with Crippen LogP contribution in [0.5, 0.6) is 0 Å². The van der Waals surface area contributed by atoms with E-state index >= 15 is 0 Å². The summed E-state index contributed by atoms with van der Waals surface area (Å²) in [5.74, 6) is -2.58. The lowest BCUT2D eigenvalue weighted by Crippen LogP contribution is -2.21. The highest BCUT2D eigenvalue weighted by Gasteiger charge is 2.12. The van der Waals surface area contributed by atoms with E-state index in [1.165, 1.54) is 24.3 Å². The third kappa shape index (κ3) is 5.77. The number of aryl methyl sites for hydroxylation is 1. The summed E-state index contributed by atoms with van der Waals surface area (Å²) < 4.78 is 31.0. The first-order chi connectivity index (χ1) is 12.3. The molecule has 7 heteroatoms. The molecule has 1 amide bonds. The number of ether oxygens (including phenoxy) is 1. The second-order valence-corrected chi connectivity index (χ2v) is 5.60. The molecule has 2 aromatic rings. The number of benzene rings is 2. The second kappa shape index (κ2) is 8.84. The van der Waals surface area contributed by atoms with Crippen molar-refractivity contribution in [2.45, 2.75) is 19.8 Å². The topological polar surface area (TPSA) is 72.5 Å². The number of carbonyl (C=O) groups excluding carboxylic acids is 3. The molecule has 0 saturated heterocycles. The number of carbonyl (C=O) groups is 3. The lowest BCUT2D eigenvalue weighted by Gasteiger charge is -2.07. The van der Waals surface area contributed by atoms with Crippen molar-refractivity contribution in [3.8, 4) is 0 Å². The first kappa shape index (κ1) is 19.2. The van der Waals surface area contributed by atoms with E-state index in [0.717, 1.165) is 18.2 Å². The Balaban J connectivity index is 1.73. The third-order valence-corrected chi connectivity index (χ3v) is 3.54. The molecule has 0 heterocycles. The molecule has 0 unspecified atom stereocenters. The number of hydrogen-bond acceptors (Lipinski definition) is 4. The fraction of sp³-hybridized carbons (Fsp3) is 0.211. The Bertz CT molecular complexity index is 819. The number of hydrogen-bond donors (Lipinski definition) is 1. The average Bonchev–Trinajstić information content (AvgIpc) is 2.61. The van der Waals surface area contributed by atoms with Crippen LogP contribution in [0.15, 0.2) is 42.5 Å². The number of ketones is 1. The Morgan fingerprint density at radius 2 is 1.69 bits per heavy atom. The van der Waals surface area contributed by atoms with E-state index in [4.69, 9.17) is 4.74 Å². The summed E-state index contributed by atoms with van der Waals surface area (Å²) >= 11 is 0. The SMILES string of the molecule is Cc1ccc(NC(=O)COC(=O)CCC(=O)c2ccc(F)cc2)cc1F. The van der Waals surface area contributed by atoms with Crippen molar-refractivity contribution in [3.63, 3.8) is 0 Å². The number of halogens is 2. The van der Waals surface area contributed by atoms with E-state index < -0.39 is 30.1 Å². The zero-order valence-electron chi connectivity index (χ0n) is 14.1. The largest absolute Gasteiger partial charge is 0.456 e. The van der Waals surface area contributed by atoms with Crippen molar-refractivity contribution in [2.75, 3.05) is 11.9 Å². The lowest BCUT2D eigenvalue weighted by molar-refractivity contribution is -0.147. The lowest BCUT2D eigenvalue weighted by atomic mass is 10.1. The fourth-order valence-corrected chi connectivity index (χ4v) is 2.08. The van der Waals surface area contributed by atoms with Crippen LogP contribution in [0.3, 0.4) is 0 Å². The molecule has 0 aliphatic carbocycles. The molecule has 136 valence electrons. The highest BCUT2D eigenvalue weighted by Crippen LogP contribution is 2.13. The van der Waals surface area contributed by atoms with Gasteiger partial charge < -0.3 is 10.1 Å². The predicted molar refractivity (Wildman–Crippen MR) is 90.7 cm³/mol. The van der Waals surface area contributed by atoms with E-state index in [2.05, 4.69) is 5.32 Å². The molecule has 0 aliphatic heterocycles. The van der Waals surface area contributed by atoms with E-state index in [9.17, 15) is 23.2 Å². The smallest absolute Gasteiger partial charge is 0.306 e. The molecule has 5 nitrogen and oxygen atoms in total. The summed E-state index contributed by atoms with van der Waals surface area (Å²) in [6, 6.07) is 9.18. The van der Waals surface area contributed by atoms with E-state index in [1.54, 1.807) is 6.92 Å². The molecular formula is C19H17F2NO4. The number of Topliss-reactive ketones (excluding diaryl/α,β-unsaturated/α-hetero) is 1. The maximum Gasteiger partial charge on any atom is 0.306 e. The van der Waals surface area contributed by atoms with Crippen LogP contribution in [0.2, 0.25) is 0 Å². The summed E-state index contributed by atoms with van der Waals surface area (Å²) in [4.78, 5) is 35.2. The number of rotatable bonds is 7. The van der Waals surface area contributed by atoms with Crippen molar-refractivity contribution in [2.24, 2.45) is 0 Å². The van der Waals surface area contributed by atoms with Gasteiger partial charge in [0.15, 0.2) is 12.4 Å². The molecule has 0 fully saturated rings. The summed E-state index contributed by atoms with van der Waals surface area (Å²) in [5.41, 5.74) is 0.985. The molecule has 26 heavy (non-hydrogen) atoms. The molecule has 0 atom stereocenters. The van der Waals surface area contributed by atoms with Gasteiger partial charge in [-0.15, -0.1) is 0 Å². The van der Waals surface area contributed by atoms with Crippen LogP contribution in [0.25, 0.3) is 0 Å². The third-order valence-electron chi connectivity index (χ3n) is 3.54. The summed E-state index contributed by atoms with van der Waals surface area (Å²) in [5, 5.41) is 2.40. The van der Waals surface area contributed by atoms with Gasteiger partial charge in [0.1, 0.15) is 11.6 Å². The second-order valence-electron chi connectivity index (χ2n) is 5.60. The minimum absolute atomic E-state index is 0.116. The van der Waals surface area contributed by atoms with Crippen LogP contribution in [0.4, 0.5) is 14.5 Å². The van der Waals surface area contributed by atoms with Crippen LogP contribution in [-0.4, -0.2) is 24.3 Å². The quantitative estimate of drug-likeness (QED) is 0.606. The average molecular weight is 361 g/mol. The van der Waals surface area contributed by atoms with Gasteiger partial charge in [0.05, 0.1) is 6.42 Å². The normalized spacial score (nSPS) is 10.3. The monoisotopic (exact) mass is 361 g/mol. The van der Waals surface area contributed by atoms with Crippen LogP contribution < -0.4 is 5.32 Å². The molecule has 0 radical (unpaired) electrons. The van der Waals surface area contributed by atoms with Crippen molar-refractivity contribution in [1.82, 2.24) is 0 Å². The van der Waals surface area contributed by atoms with Gasteiger partial charge in [-0.2, -0.15) is 0 Å². The van der Waals surface area contributed by atoms with Gasteiger partial charge >= 0.3 is 5.97 Å². The molecule has 0 bridgehead atoms. The van der Waals surface area contributed by atoms with Gasteiger partial charge in [-0.05, 0) is 48.9 Å². The molecule has 0 aromatic heterocycles. The van der Waals surface area contributed by atoms with Crippen LogP contribution in [0, 0.1) is 18.6 Å². The minimum atomic E-state index is -0.717. The van der Waals surface area contributed by atoms with Crippen molar-refractivity contribution in [3.05, 3.63) is 65.2 Å².